The van der Waals surface area contributed by atoms with Crippen molar-refractivity contribution < 1.29 is 9.84 Å². The molecule has 136 valence electrons. The number of ether oxygens (including phenoxy) is 1. The lowest BCUT2D eigenvalue weighted by atomic mass is 10.0. The SMILES string of the molecule is COc1cc(-n2nc(-c3ccc4ccccc4c3)c3ccccc32)ccc1O. The van der Waals surface area contributed by atoms with Crippen LogP contribution in [0, 0.1) is 0 Å². The van der Waals surface area contributed by atoms with E-state index in [4.69, 9.17) is 9.84 Å². The standard InChI is InChI=1S/C24H18N2O2/c1-28-23-15-19(12-13-22(23)27)26-21-9-5-4-8-20(21)24(25-26)18-11-10-16-6-2-3-7-17(16)14-18/h2-15,27H,1H3. The van der Waals surface area contributed by atoms with E-state index in [9.17, 15) is 5.11 Å². The van der Waals surface area contributed by atoms with Crippen LogP contribution in [0.4, 0.5) is 0 Å². The maximum absolute atomic E-state index is 9.92. The Bertz CT molecular complexity index is 1320. The second-order valence-electron chi connectivity index (χ2n) is 6.70. The number of methoxy groups -OCH3 is 1. The van der Waals surface area contributed by atoms with Crippen LogP contribution in [0.25, 0.3) is 38.6 Å². The largest absolute Gasteiger partial charge is 0.504 e. The Kier molecular flexibility index (Phi) is 3.76. The number of phenols is 1. The molecule has 5 aromatic rings. The molecule has 0 saturated carbocycles. The average Bonchev–Trinajstić information content (AvgIpc) is 3.13. The zero-order chi connectivity index (χ0) is 19.1. The van der Waals surface area contributed by atoms with Gasteiger partial charge in [-0.05, 0) is 35.0 Å². The van der Waals surface area contributed by atoms with Gasteiger partial charge in [0.05, 0.1) is 18.3 Å². The number of para-hydroxylation sites is 1. The highest BCUT2D eigenvalue weighted by atomic mass is 16.5. The van der Waals surface area contributed by atoms with Crippen LogP contribution in [0.3, 0.4) is 0 Å². The van der Waals surface area contributed by atoms with E-state index < -0.39 is 0 Å². The molecule has 0 bridgehead atoms. The van der Waals surface area contributed by atoms with E-state index in [0.717, 1.165) is 27.8 Å². The summed E-state index contributed by atoms with van der Waals surface area (Å²) in [6.07, 6.45) is 0. The number of phenolic OH excluding ortho intramolecular Hbond substituents is 1. The molecule has 4 aromatic carbocycles. The molecule has 0 spiro atoms. The minimum absolute atomic E-state index is 0.109. The van der Waals surface area contributed by atoms with E-state index in [1.54, 1.807) is 19.2 Å². The third-order valence-electron chi connectivity index (χ3n) is 5.02. The lowest BCUT2D eigenvalue weighted by Crippen LogP contribution is -1.97. The lowest BCUT2D eigenvalue weighted by Gasteiger charge is -2.07. The molecular weight excluding hydrogens is 348 g/mol. The van der Waals surface area contributed by atoms with Gasteiger partial charge in [0.25, 0.3) is 0 Å². The molecule has 1 N–H and O–H groups in total. The fourth-order valence-electron chi connectivity index (χ4n) is 3.61. The molecule has 28 heavy (non-hydrogen) atoms. The Morgan fingerprint density at radius 2 is 1.61 bits per heavy atom. The summed E-state index contributed by atoms with van der Waals surface area (Å²) in [7, 11) is 1.54. The number of hydrogen-bond donors (Lipinski definition) is 1. The van der Waals surface area contributed by atoms with Crippen molar-refractivity contribution in [2.45, 2.75) is 0 Å². The van der Waals surface area contributed by atoms with E-state index in [0.29, 0.717) is 5.75 Å². The molecule has 4 nitrogen and oxygen atoms in total. The first kappa shape index (κ1) is 16.4. The van der Waals surface area contributed by atoms with Gasteiger partial charge >= 0.3 is 0 Å². The first-order valence-corrected chi connectivity index (χ1v) is 9.09. The van der Waals surface area contributed by atoms with Gasteiger partial charge in [0.1, 0.15) is 5.69 Å². The van der Waals surface area contributed by atoms with Crippen LogP contribution in [0.15, 0.2) is 84.9 Å². The van der Waals surface area contributed by atoms with Gasteiger partial charge in [-0.15, -0.1) is 0 Å². The summed E-state index contributed by atoms with van der Waals surface area (Å²) in [5.74, 6) is 0.529. The van der Waals surface area contributed by atoms with Gasteiger partial charge in [-0.2, -0.15) is 5.10 Å². The van der Waals surface area contributed by atoms with Crippen LogP contribution in [0.2, 0.25) is 0 Å². The first-order valence-electron chi connectivity index (χ1n) is 9.09. The van der Waals surface area contributed by atoms with Crippen molar-refractivity contribution in [1.82, 2.24) is 9.78 Å². The second kappa shape index (κ2) is 6.43. The molecule has 0 amide bonds. The summed E-state index contributed by atoms with van der Waals surface area (Å²) in [5, 5.41) is 18.3. The number of nitrogens with zero attached hydrogens (tertiary/aromatic N) is 2. The van der Waals surface area contributed by atoms with Crippen molar-refractivity contribution in [3.05, 3.63) is 84.9 Å². The van der Waals surface area contributed by atoms with Crippen molar-refractivity contribution in [3.8, 4) is 28.4 Å². The molecule has 0 unspecified atom stereocenters. The van der Waals surface area contributed by atoms with Crippen molar-refractivity contribution in [2.75, 3.05) is 7.11 Å². The van der Waals surface area contributed by atoms with E-state index >= 15 is 0 Å². The van der Waals surface area contributed by atoms with E-state index in [2.05, 4.69) is 36.4 Å². The van der Waals surface area contributed by atoms with Crippen LogP contribution in [0.1, 0.15) is 0 Å². The van der Waals surface area contributed by atoms with Crippen LogP contribution in [0.5, 0.6) is 11.5 Å². The van der Waals surface area contributed by atoms with Crippen molar-refractivity contribution in [1.29, 1.82) is 0 Å². The van der Waals surface area contributed by atoms with Gasteiger partial charge < -0.3 is 9.84 Å². The molecule has 0 saturated heterocycles. The smallest absolute Gasteiger partial charge is 0.162 e. The van der Waals surface area contributed by atoms with Gasteiger partial charge in [0, 0.05) is 17.0 Å². The number of hydrogen-bond acceptors (Lipinski definition) is 3. The molecule has 0 aliphatic heterocycles. The highest BCUT2D eigenvalue weighted by Crippen LogP contribution is 2.34. The Balaban J connectivity index is 1.74. The highest BCUT2D eigenvalue weighted by Gasteiger charge is 2.15. The van der Waals surface area contributed by atoms with E-state index in [1.165, 1.54) is 10.8 Å². The molecule has 0 aliphatic carbocycles. The van der Waals surface area contributed by atoms with E-state index in [-0.39, 0.29) is 5.75 Å². The summed E-state index contributed by atoms with van der Waals surface area (Å²) in [4.78, 5) is 0. The molecule has 0 fully saturated rings. The topological polar surface area (TPSA) is 47.3 Å². The van der Waals surface area contributed by atoms with E-state index in [1.807, 2.05) is 41.1 Å². The Hall–Kier alpha value is -3.79. The minimum Gasteiger partial charge on any atom is -0.504 e. The van der Waals surface area contributed by atoms with Crippen LogP contribution in [-0.4, -0.2) is 22.0 Å². The number of aromatic nitrogens is 2. The first-order chi connectivity index (χ1) is 13.7. The number of benzene rings is 4. The minimum atomic E-state index is 0.109. The van der Waals surface area contributed by atoms with Gasteiger partial charge in [0.15, 0.2) is 11.5 Å². The molecule has 4 heteroatoms. The summed E-state index contributed by atoms with van der Waals surface area (Å²) >= 11 is 0. The summed E-state index contributed by atoms with van der Waals surface area (Å²) in [6.45, 7) is 0. The Labute approximate surface area is 162 Å². The normalized spacial score (nSPS) is 11.2. The zero-order valence-corrected chi connectivity index (χ0v) is 15.3. The predicted molar refractivity (Wildman–Crippen MR) is 112 cm³/mol. The molecule has 0 radical (unpaired) electrons. The molecule has 5 rings (SSSR count). The highest BCUT2D eigenvalue weighted by molar-refractivity contribution is 5.97. The predicted octanol–water partition coefficient (Wildman–Crippen LogP) is 5.56. The van der Waals surface area contributed by atoms with Crippen LogP contribution >= 0.6 is 0 Å². The average molecular weight is 366 g/mol. The maximum Gasteiger partial charge on any atom is 0.162 e. The molecule has 1 heterocycles. The third kappa shape index (κ3) is 2.58. The van der Waals surface area contributed by atoms with Gasteiger partial charge in [-0.1, -0.05) is 54.6 Å². The lowest BCUT2D eigenvalue weighted by molar-refractivity contribution is 0.373. The summed E-state index contributed by atoms with van der Waals surface area (Å²) in [5.41, 5.74) is 3.82. The monoisotopic (exact) mass is 366 g/mol. The number of fused-ring (bicyclic) bond motifs is 2. The Morgan fingerprint density at radius 1 is 0.821 bits per heavy atom. The molecule has 1 aromatic heterocycles. The Morgan fingerprint density at radius 3 is 2.46 bits per heavy atom. The van der Waals surface area contributed by atoms with Gasteiger partial charge in [-0.3, -0.25) is 0 Å². The van der Waals surface area contributed by atoms with Crippen LogP contribution in [-0.2, 0) is 0 Å². The summed E-state index contributed by atoms with van der Waals surface area (Å²) < 4.78 is 7.16. The molecule has 0 atom stereocenters. The quantitative estimate of drug-likeness (QED) is 0.455. The maximum atomic E-state index is 9.92. The molecular formula is C24H18N2O2. The van der Waals surface area contributed by atoms with Gasteiger partial charge in [0.2, 0.25) is 0 Å². The molecule has 0 aliphatic rings. The number of rotatable bonds is 3. The van der Waals surface area contributed by atoms with Gasteiger partial charge in [-0.25, -0.2) is 4.68 Å². The van der Waals surface area contributed by atoms with Crippen molar-refractivity contribution in [2.24, 2.45) is 0 Å². The van der Waals surface area contributed by atoms with Crippen LogP contribution < -0.4 is 4.74 Å². The zero-order valence-electron chi connectivity index (χ0n) is 15.3. The second-order valence-corrected chi connectivity index (χ2v) is 6.70. The van der Waals surface area contributed by atoms with Crippen molar-refractivity contribution >= 4 is 21.7 Å². The number of aromatic hydroxyl groups is 1. The van der Waals surface area contributed by atoms with Crippen molar-refractivity contribution in [3.63, 3.8) is 0 Å². The third-order valence-corrected chi connectivity index (χ3v) is 5.02. The summed E-state index contributed by atoms with van der Waals surface area (Å²) in [6, 6.07) is 28.1. The fraction of sp³-hybridized carbons (Fsp3) is 0.0417. The fourth-order valence-corrected chi connectivity index (χ4v) is 3.61.